The van der Waals surface area contributed by atoms with E-state index in [2.05, 4.69) is 0 Å². The van der Waals surface area contributed by atoms with Gasteiger partial charge in [0.2, 0.25) is 0 Å². The van der Waals surface area contributed by atoms with Gasteiger partial charge in [0, 0.05) is 6.42 Å². The van der Waals surface area contributed by atoms with Crippen LogP contribution in [0.15, 0.2) is 24.3 Å². The topological polar surface area (TPSA) is 46.5 Å². The number of benzene rings is 1. The van der Waals surface area contributed by atoms with E-state index in [1.807, 2.05) is 38.1 Å². The molecule has 1 aromatic carbocycles. The van der Waals surface area contributed by atoms with Gasteiger partial charge in [-0.25, -0.2) is 0 Å². The molecule has 1 aromatic rings. The van der Waals surface area contributed by atoms with Crippen LogP contribution in [0, 0.1) is 0 Å². The number of hydrogen-bond donors (Lipinski definition) is 1. The first-order chi connectivity index (χ1) is 7.08. The molecule has 0 unspecified atom stereocenters. The van der Waals surface area contributed by atoms with E-state index >= 15 is 0 Å². The second kappa shape index (κ2) is 5.39. The first-order valence-electron chi connectivity index (χ1n) is 5.05. The molecule has 0 aliphatic rings. The van der Waals surface area contributed by atoms with Crippen molar-refractivity contribution in [1.82, 2.24) is 0 Å². The van der Waals surface area contributed by atoms with E-state index in [1.54, 1.807) is 0 Å². The second-order valence-corrected chi connectivity index (χ2v) is 3.71. The van der Waals surface area contributed by atoms with Gasteiger partial charge in [0.1, 0.15) is 5.75 Å². The van der Waals surface area contributed by atoms with Gasteiger partial charge in [-0.1, -0.05) is 12.1 Å². The third-order valence-corrected chi connectivity index (χ3v) is 1.90. The first-order valence-corrected chi connectivity index (χ1v) is 5.05. The monoisotopic (exact) mass is 208 g/mol. The second-order valence-electron chi connectivity index (χ2n) is 3.71. The zero-order valence-corrected chi connectivity index (χ0v) is 9.06. The Morgan fingerprint density at radius 2 is 2.20 bits per heavy atom. The van der Waals surface area contributed by atoms with Crippen LogP contribution in [-0.2, 0) is 11.2 Å². The van der Waals surface area contributed by atoms with Crippen LogP contribution >= 0.6 is 0 Å². The first kappa shape index (κ1) is 11.6. The molecule has 0 bridgehead atoms. The van der Waals surface area contributed by atoms with Gasteiger partial charge in [-0.2, -0.15) is 0 Å². The van der Waals surface area contributed by atoms with Crippen LogP contribution in [0.5, 0.6) is 5.75 Å². The molecule has 3 heteroatoms. The maximum absolute atomic E-state index is 10.4. The average Bonchev–Trinajstić information content (AvgIpc) is 2.14. The highest BCUT2D eigenvalue weighted by Crippen LogP contribution is 2.15. The van der Waals surface area contributed by atoms with Gasteiger partial charge in [0.25, 0.3) is 0 Å². The Balaban J connectivity index is 2.61. The van der Waals surface area contributed by atoms with Crippen molar-refractivity contribution in [3.63, 3.8) is 0 Å². The summed E-state index contributed by atoms with van der Waals surface area (Å²) in [4.78, 5) is 10.4. The van der Waals surface area contributed by atoms with Crippen LogP contribution in [0.3, 0.4) is 0 Å². The highest BCUT2D eigenvalue weighted by Gasteiger charge is 2.01. The molecule has 0 atom stereocenters. The Hall–Kier alpha value is -1.51. The third kappa shape index (κ3) is 4.49. The molecule has 0 aromatic heterocycles. The summed E-state index contributed by atoms with van der Waals surface area (Å²) in [5.74, 6) is 0.0260. The highest BCUT2D eigenvalue weighted by molar-refractivity contribution is 5.67. The zero-order valence-electron chi connectivity index (χ0n) is 9.06. The van der Waals surface area contributed by atoms with Gasteiger partial charge in [-0.05, 0) is 38.0 Å². The van der Waals surface area contributed by atoms with Crippen molar-refractivity contribution >= 4 is 5.97 Å². The van der Waals surface area contributed by atoms with Crippen LogP contribution in [0.4, 0.5) is 0 Å². The fraction of sp³-hybridized carbons (Fsp3) is 0.417. The van der Waals surface area contributed by atoms with Crippen molar-refractivity contribution in [2.24, 2.45) is 0 Å². The van der Waals surface area contributed by atoms with Gasteiger partial charge in [-0.15, -0.1) is 0 Å². The molecule has 0 fully saturated rings. The van der Waals surface area contributed by atoms with Gasteiger partial charge in [0.15, 0.2) is 0 Å². The molecule has 1 N–H and O–H groups in total. The van der Waals surface area contributed by atoms with E-state index in [4.69, 9.17) is 9.84 Å². The minimum atomic E-state index is -0.773. The molecular weight excluding hydrogens is 192 g/mol. The molecular formula is C12H16O3. The molecule has 0 heterocycles. The molecule has 0 radical (unpaired) electrons. The standard InChI is InChI=1S/C12H16O3/c1-9(2)15-11-5-3-4-10(8-11)6-7-12(13)14/h3-5,8-9H,6-7H2,1-2H3,(H,13,14). The lowest BCUT2D eigenvalue weighted by Crippen LogP contribution is -2.05. The third-order valence-electron chi connectivity index (χ3n) is 1.90. The lowest BCUT2D eigenvalue weighted by Gasteiger charge is -2.10. The summed E-state index contributed by atoms with van der Waals surface area (Å²) in [5, 5.41) is 8.56. The van der Waals surface area contributed by atoms with E-state index in [0.717, 1.165) is 11.3 Å². The quantitative estimate of drug-likeness (QED) is 0.808. The molecule has 0 saturated carbocycles. The van der Waals surface area contributed by atoms with E-state index in [9.17, 15) is 4.79 Å². The Bertz CT molecular complexity index is 331. The predicted octanol–water partition coefficient (Wildman–Crippen LogP) is 2.49. The summed E-state index contributed by atoms with van der Waals surface area (Å²) in [5.41, 5.74) is 0.996. The van der Waals surface area contributed by atoms with Crippen molar-refractivity contribution in [2.75, 3.05) is 0 Å². The summed E-state index contributed by atoms with van der Waals surface area (Å²) < 4.78 is 5.51. The fourth-order valence-corrected chi connectivity index (χ4v) is 1.30. The average molecular weight is 208 g/mol. The molecule has 15 heavy (non-hydrogen) atoms. The number of carbonyl (C=O) groups is 1. The largest absolute Gasteiger partial charge is 0.491 e. The van der Waals surface area contributed by atoms with E-state index < -0.39 is 5.97 Å². The van der Waals surface area contributed by atoms with Crippen molar-refractivity contribution in [1.29, 1.82) is 0 Å². The lowest BCUT2D eigenvalue weighted by atomic mass is 10.1. The molecule has 0 spiro atoms. The maximum Gasteiger partial charge on any atom is 0.303 e. The van der Waals surface area contributed by atoms with Crippen molar-refractivity contribution in [3.05, 3.63) is 29.8 Å². The Morgan fingerprint density at radius 1 is 1.47 bits per heavy atom. The summed E-state index contributed by atoms with van der Waals surface area (Å²) in [6, 6.07) is 7.57. The van der Waals surface area contributed by atoms with Crippen LogP contribution in [0.2, 0.25) is 0 Å². The normalized spacial score (nSPS) is 10.3. The Morgan fingerprint density at radius 3 is 2.80 bits per heavy atom. The van der Waals surface area contributed by atoms with E-state index in [1.165, 1.54) is 0 Å². The van der Waals surface area contributed by atoms with Gasteiger partial charge in [0.05, 0.1) is 6.10 Å². The summed E-state index contributed by atoms with van der Waals surface area (Å²) in [7, 11) is 0. The number of ether oxygens (including phenoxy) is 1. The van der Waals surface area contributed by atoms with Gasteiger partial charge < -0.3 is 9.84 Å². The van der Waals surface area contributed by atoms with Gasteiger partial charge in [-0.3, -0.25) is 4.79 Å². The number of carboxylic acid groups (broad SMARTS) is 1. The van der Waals surface area contributed by atoms with Crippen LogP contribution in [-0.4, -0.2) is 17.2 Å². The number of hydrogen-bond acceptors (Lipinski definition) is 2. The molecule has 0 aliphatic heterocycles. The summed E-state index contributed by atoms with van der Waals surface area (Å²) in [6.07, 6.45) is 0.843. The number of aryl methyl sites for hydroxylation is 1. The Labute approximate surface area is 89.7 Å². The summed E-state index contributed by atoms with van der Waals surface area (Å²) in [6.45, 7) is 3.92. The number of aliphatic carboxylic acids is 1. The van der Waals surface area contributed by atoms with Crippen molar-refractivity contribution in [2.45, 2.75) is 32.8 Å². The minimum absolute atomic E-state index is 0.139. The molecule has 3 nitrogen and oxygen atoms in total. The predicted molar refractivity (Wildman–Crippen MR) is 58.2 cm³/mol. The SMILES string of the molecule is CC(C)Oc1cccc(CCC(=O)O)c1. The molecule has 0 saturated heterocycles. The van der Waals surface area contributed by atoms with Crippen LogP contribution in [0.25, 0.3) is 0 Å². The van der Waals surface area contributed by atoms with E-state index in [-0.39, 0.29) is 12.5 Å². The van der Waals surface area contributed by atoms with Crippen LogP contribution in [0.1, 0.15) is 25.8 Å². The van der Waals surface area contributed by atoms with Crippen LogP contribution < -0.4 is 4.74 Å². The smallest absolute Gasteiger partial charge is 0.303 e. The summed E-state index contributed by atoms with van der Waals surface area (Å²) >= 11 is 0. The van der Waals surface area contributed by atoms with Gasteiger partial charge >= 0.3 is 5.97 Å². The minimum Gasteiger partial charge on any atom is -0.491 e. The molecule has 1 rings (SSSR count). The van der Waals surface area contributed by atoms with Crippen molar-refractivity contribution in [3.8, 4) is 5.75 Å². The zero-order chi connectivity index (χ0) is 11.3. The Kier molecular flexibility index (Phi) is 4.16. The lowest BCUT2D eigenvalue weighted by molar-refractivity contribution is -0.136. The van der Waals surface area contributed by atoms with Crippen molar-refractivity contribution < 1.29 is 14.6 Å². The highest BCUT2D eigenvalue weighted by atomic mass is 16.5. The molecule has 0 amide bonds. The molecule has 82 valence electrons. The number of rotatable bonds is 5. The fourth-order valence-electron chi connectivity index (χ4n) is 1.30. The number of carboxylic acids is 1. The molecule has 0 aliphatic carbocycles. The van der Waals surface area contributed by atoms with E-state index in [0.29, 0.717) is 6.42 Å². The maximum atomic E-state index is 10.4.